The Morgan fingerprint density at radius 1 is 1.24 bits per heavy atom. The number of carbonyl (C=O) groups is 1. The SMILES string of the molecule is CCn1ncnc1C(C)Nc1nccc(-c2cc(C(=O)O)ccn2)n1. The first kappa shape index (κ1) is 16.5. The molecule has 0 amide bonds. The average Bonchev–Trinajstić information content (AvgIpc) is 3.11. The van der Waals surface area contributed by atoms with Gasteiger partial charge in [-0.2, -0.15) is 5.10 Å². The van der Waals surface area contributed by atoms with Gasteiger partial charge in [0, 0.05) is 18.9 Å². The van der Waals surface area contributed by atoms with Crippen molar-refractivity contribution in [2.24, 2.45) is 0 Å². The number of carboxylic acids is 1. The summed E-state index contributed by atoms with van der Waals surface area (Å²) >= 11 is 0. The smallest absolute Gasteiger partial charge is 0.335 e. The van der Waals surface area contributed by atoms with Crippen LogP contribution in [0.3, 0.4) is 0 Å². The highest BCUT2D eigenvalue weighted by Crippen LogP contribution is 2.19. The first-order valence-electron chi connectivity index (χ1n) is 7.75. The lowest BCUT2D eigenvalue weighted by Gasteiger charge is -2.14. The zero-order valence-electron chi connectivity index (χ0n) is 13.8. The van der Waals surface area contributed by atoms with Gasteiger partial charge >= 0.3 is 5.97 Å². The molecule has 0 aromatic carbocycles. The van der Waals surface area contributed by atoms with Crippen LogP contribution in [0.2, 0.25) is 0 Å². The molecule has 3 heterocycles. The molecule has 0 saturated carbocycles. The van der Waals surface area contributed by atoms with Crippen molar-refractivity contribution >= 4 is 11.9 Å². The van der Waals surface area contributed by atoms with E-state index < -0.39 is 5.97 Å². The number of aromatic nitrogens is 6. The Kier molecular flexibility index (Phi) is 4.64. The maximum Gasteiger partial charge on any atom is 0.335 e. The molecule has 0 fully saturated rings. The number of nitrogens with zero attached hydrogens (tertiary/aromatic N) is 6. The highest BCUT2D eigenvalue weighted by Gasteiger charge is 2.14. The first-order valence-corrected chi connectivity index (χ1v) is 7.75. The van der Waals surface area contributed by atoms with Crippen molar-refractivity contribution in [3.8, 4) is 11.4 Å². The van der Waals surface area contributed by atoms with Crippen molar-refractivity contribution < 1.29 is 9.90 Å². The van der Waals surface area contributed by atoms with E-state index in [0.29, 0.717) is 23.9 Å². The molecule has 128 valence electrons. The van der Waals surface area contributed by atoms with Crippen LogP contribution in [0, 0.1) is 0 Å². The van der Waals surface area contributed by atoms with E-state index in [1.54, 1.807) is 16.9 Å². The number of aromatic carboxylic acids is 1. The van der Waals surface area contributed by atoms with E-state index in [1.165, 1.54) is 24.7 Å². The van der Waals surface area contributed by atoms with Crippen LogP contribution < -0.4 is 5.32 Å². The van der Waals surface area contributed by atoms with Crippen molar-refractivity contribution in [2.45, 2.75) is 26.4 Å². The van der Waals surface area contributed by atoms with Crippen LogP contribution >= 0.6 is 0 Å². The quantitative estimate of drug-likeness (QED) is 0.700. The maximum atomic E-state index is 11.1. The number of rotatable bonds is 6. The van der Waals surface area contributed by atoms with Crippen molar-refractivity contribution in [1.29, 1.82) is 0 Å². The number of aryl methyl sites for hydroxylation is 1. The van der Waals surface area contributed by atoms with Gasteiger partial charge in [-0.05, 0) is 32.0 Å². The van der Waals surface area contributed by atoms with E-state index in [2.05, 4.69) is 30.4 Å². The summed E-state index contributed by atoms with van der Waals surface area (Å²) in [4.78, 5) is 28.2. The molecule has 0 aliphatic carbocycles. The fourth-order valence-corrected chi connectivity index (χ4v) is 2.38. The van der Waals surface area contributed by atoms with Gasteiger partial charge in [0.15, 0.2) is 0 Å². The normalized spacial score (nSPS) is 11.9. The molecule has 9 heteroatoms. The predicted octanol–water partition coefficient (Wildman–Crippen LogP) is 2.02. The summed E-state index contributed by atoms with van der Waals surface area (Å²) in [6, 6.07) is 4.45. The van der Waals surface area contributed by atoms with E-state index in [1.807, 2.05) is 13.8 Å². The van der Waals surface area contributed by atoms with Crippen molar-refractivity contribution in [2.75, 3.05) is 5.32 Å². The lowest BCUT2D eigenvalue weighted by Crippen LogP contribution is -2.15. The number of hydrogen-bond acceptors (Lipinski definition) is 7. The molecule has 0 spiro atoms. The van der Waals surface area contributed by atoms with Gasteiger partial charge in [0.25, 0.3) is 0 Å². The van der Waals surface area contributed by atoms with Crippen LogP contribution in [0.25, 0.3) is 11.4 Å². The van der Waals surface area contributed by atoms with Crippen LogP contribution in [0.5, 0.6) is 0 Å². The van der Waals surface area contributed by atoms with Crippen molar-refractivity contribution in [3.63, 3.8) is 0 Å². The van der Waals surface area contributed by atoms with Gasteiger partial charge in [-0.25, -0.2) is 24.4 Å². The fourth-order valence-electron chi connectivity index (χ4n) is 2.38. The van der Waals surface area contributed by atoms with E-state index >= 15 is 0 Å². The highest BCUT2D eigenvalue weighted by molar-refractivity contribution is 5.88. The molecule has 25 heavy (non-hydrogen) atoms. The molecule has 3 aromatic heterocycles. The third kappa shape index (κ3) is 3.60. The van der Waals surface area contributed by atoms with Gasteiger partial charge in [-0.1, -0.05) is 0 Å². The molecule has 1 atom stereocenters. The lowest BCUT2D eigenvalue weighted by atomic mass is 10.2. The molecule has 0 aliphatic heterocycles. The Bertz CT molecular complexity index is 893. The van der Waals surface area contributed by atoms with Crippen LogP contribution in [-0.2, 0) is 6.54 Å². The molecular weight excluding hydrogens is 322 g/mol. The van der Waals surface area contributed by atoms with E-state index in [0.717, 1.165) is 5.82 Å². The average molecular weight is 339 g/mol. The Morgan fingerprint density at radius 2 is 2.04 bits per heavy atom. The van der Waals surface area contributed by atoms with Gasteiger partial charge in [0.1, 0.15) is 12.2 Å². The summed E-state index contributed by atoms with van der Waals surface area (Å²) in [5.41, 5.74) is 1.15. The monoisotopic (exact) mass is 339 g/mol. The summed E-state index contributed by atoms with van der Waals surface area (Å²) in [5, 5.41) is 16.4. The topological polar surface area (TPSA) is 119 Å². The Balaban J connectivity index is 1.84. The second kappa shape index (κ2) is 7.04. The molecule has 3 rings (SSSR count). The Hall–Kier alpha value is -3.36. The molecule has 2 N–H and O–H groups in total. The minimum absolute atomic E-state index is 0.143. The first-order chi connectivity index (χ1) is 12.1. The lowest BCUT2D eigenvalue weighted by molar-refractivity contribution is 0.0697. The molecule has 0 bridgehead atoms. The van der Waals surface area contributed by atoms with Crippen molar-refractivity contribution in [1.82, 2.24) is 29.7 Å². The number of pyridine rings is 1. The standard InChI is InChI=1S/C16H17N7O2/c1-3-23-14(19-9-20-23)10(2)21-16-18-7-5-12(22-16)13-8-11(15(24)25)4-6-17-13/h4-10H,3H2,1-2H3,(H,24,25)(H,18,21,22). The summed E-state index contributed by atoms with van der Waals surface area (Å²) in [7, 11) is 0. The third-order valence-electron chi connectivity index (χ3n) is 3.60. The van der Waals surface area contributed by atoms with E-state index in [4.69, 9.17) is 5.11 Å². The second-order valence-electron chi connectivity index (χ2n) is 5.30. The zero-order chi connectivity index (χ0) is 17.8. The minimum atomic E-state index is -1.01. The largest absolute Gasteiger partial charge is 0.478 e. The molecule has 0 radical (unpaired) electrons. The van der Waals surface area contributed by atoms with Crippen molar-refractivity contribution in [3.05, 3.63) is 48.3 Å². The molecular formula is C16H17N7O2. The minimum Gasteiger partial charge on any atom is -0.478 e. The summed E-state index contributed by atoms with van der Waals surface area (Å²) in [6.45, 7) is 4.65. The van der Waals surface area contributed by atoms with E-state index in [9.17, 15) is 4.79 Å². The molecule has 0 saturated heterocycles. The summed E-state index contributed by atoms with van der Waals surface area (Å²) in [6.07, 6.45) is 4.55. The number of anilines is 1. The summed E-state index contributed by atoms with van der Waals surface area (Å²) < 4.78 is 1.79. The van der Waals surface area contributed by atoms with Gasteiger partial charge in [-0.15, -0.1) is 0 Å². The van der Waals surface area contributed by atoms with Gasteiger partial charge < -0.3 is 10.4 Å². The number of nitrogens with one attached hydrogen (secondary N) is 1. The molecule has 0 aliphatic rings. The van der Waals surface area contributed by atoms with E-state index in [-0.39, 0.29) is 11.6 Å². The molecule has 9 nitrogen and oxygen atoms in total. The Morgan fingerprint density at radius 3 is 2.80 bits per heavy atom. The number of hydrogen-bond donors (Lipinski definition) is 2. The molecule has 1 unspecified atom stereocenters. The van der Waals surface area contributed by atoms with Gasteiger partial charge in [0.05, 0.1) is 23.0 Å². The fraction of sp³-hybridized carbons (Fsp3) is 0.250. The highest BCUT2D eigenvalue weighted by atomic mass is 16.4. The predicted molar refractivity (Wildman–Crippen MR) is 90.0 cm³/mol. The zero-order valence-corrected chi connectivity index (χ0v) is 13.8. The number of carboxylic acid groups (broad SMARTS) is 1. The summed E-state index contributed by atoms with van der Waals surface area (Å²) in [5.74, 6) is 0.171. The Labute approximate surface area is 143 Å². The third-order valence-corrected chi connectivity index (χ3v) is 3.60. The molecule has 3 aromatic rings. The van der Waals surface area contributed by atoms with Gasteiger partial charge in [-0.3, -0.25) is 4.98 Å². The van der Waals surface area contributed by atoms with Gasteiger partial charge in [0.2, 0.25) is 5.95 Å². The van der Waals surface area contributed by atoms with Crippen LogP contribution in [-0.4, -0.2) is 40.8 Å². The van der Waals surface area contributed by atoms with Crippen LogP contribution in [0.1, 0.15) is 36.1 Å². The van der Waals surface area contributed by atoms with Crippen LogP contribution in [0.15, 0.2) is 36.9 Å². The van der Waals surface area contributed by atoms with Crippen LogP contribution in [0.4, 0.5) is 5.95 Å². The maximum absolute atomic E-state index is 11.1. The second-order valence-corrected chi connectivity index (χ2v) is 5.30.